The van der Waals surface area contributed by atoms with Gasteiger partial charge in [0.2, 0.25) is 5.91 Å². The topological polar surface area (TPSA) is 71.8 Å². The molecule has 0 saturated carbocycles. The second-order valence-corrected chi connectivity index (χ2v) is 6.42. The first-order chi connectivity index (χ1) is 11.8. The van der Waals surface area contributed by atoms with Crippen LogP contribution in [-0.2, 0) is 17.9 Å². The summed E-state index contributed by atoms with van der Waals surface area (Å²) in [4.78, 5) is 15.9. The molecule has 2 aromatic rings. The fraction of sp³-hybridized carbons (Fsp3) is 0.500. The predicted molar refractivity (Wildman–Crippen MR) is 92.2 cm³/mol. The van der Waals surface area contributed by atoms with Gasteiger partial charge in [-0.15, -0.1) is 0 Å². The molecular weight excluding hydrogens is 302 g/mol. The number of nitrogens with zero attached hydrogens (tertiary/aromatic N) is 3. The molecule has 2 N–H and O–H groups in total. The van der Waals surface area contributed by atoms with Crippen molar-refractivity contribution in [3.63, 3.8) is 0 Å². The fourth-order valence-electron chi connectivity index (χ4n) is 3.06. The Morgan fingerprint density at radius 3 is 2.67 bits per heavy atom. The Morgan fingerprint density at radius 1 is 1.21 bits per heavy atom. The highest BCUT2D eigenvalue weighted by molar-refractivity contribution is 5.75. The lowest BCUT2D eigenvalue weighted by atomic mass is 9.93. The van der Waals surface area contributed by atoms with Gasteiger partial charge in [-0.1, -0.05) is 24.3 Å². The zero-order valence-corrected chi connectivity index (χ0v) is 13.9. The van der Waals surface area contributed by atoms with Gasteiger partial charge in [-0.05, 0) is 49.4 Å². The zero-order chi connectivity index (χ0) is 16.6. The van der Waals surface area contributed by atoms with E-state index in [0.717, 1.165) is 25.1 Å². The van der Waals surface area contributed by atoms with E-state index in [0.29, 0.717) is 25.4 Å². The minimum Gasteiger partial charge on any atom is -0.352 e. The Labute approximate surface area is 142 Å². The van der Waals surface area contributed by atoms with Crippen LogP contribution in [0.15, 0.2) is 36.9 Å². The minimum atomic E-state index is 0.153. The first kappa shape index (κ1) is 16.6. The Hall–Kier alpha value is -2.21. The molecule has 1 aliphatic heterocycles. The van der Waals surface area contributed by atoms with Crippen LogP contribution in [0.25, 0.3) is 0 Å². The molecule has 1 aliphatic rings. The number of amides is 1. The molecule has 1 amide bonds. The number of nitrogens with one attached hydrogen (secondary N) is 2. The van der Waals surface area contributed by atoms with Gasteiger partial charge in [0.15, 0.2) is 0 Å². The molecule has 1 aromatic carbocycles. The molecule has 0 atom stereocenters. The second-order valence-electron chi connectivity index (χ2n) is 6.42. The summed E-state index contributed by atoms with van der Waals surface area (Å²) in [5.41, 5.74) is 2.29. The van der Waals surface area contributed by atoms with Crippen LogP contribution in [0, 0.1) is 5.92 Å². The number of aromatic nitrogens is 3. The molecule has 0 bridgehead atoms. The Balaban J connectivity index is 1.38. The molecule has 0 aliphatic carbocycles. The van der Waals surface area contributed by atoms with Crippen molar-refractivity contribution in [1.29, 1.82) is 0 Å². The highest BCUT2D eigenvalue weighted by atomic mass is 16.1. The van der Waals surface area contributed by atoms with Crippen LogP contribution in [0.4, 0.5) is 0 Å². The molecule has 3 rings (SSSR count). The van der Waals surface area contributed by atoms with E-state index in [4.69, 9.17) is 0 Å². The summed E-state index contributed by atoms with van der Waals surface area (Å²) in [6.07, 6.45) is 7.27. The SMILES string of the molecule is O=C(CCC1CCNCC1)NCc1ccc(Cn2cncn2)cc1. The molecule has 0 spiro atoms. The largest absolute Gasteiger partial charge is 0.352 e. The van der Waals surface area contributed by atoms with Crippen LogP contribution in [0.5, 0.6) is 0 Å². The van der Waals surface area contributed by atoms with E-state index in [9.17, 15) is 4.79 Å². The highest BCUT2D eigenvalue weighted by Crippen LogP contribution is 2.17. The predicted octanol–water partition coefficient (Wildman–Crippen LogP) is 1.72. The van der Waals surface area contributed by atoms with Gasteiger partial charge < -0.3 is 10.6 Å². The average molecular weight is 327 g/mol. The lowest BCUT2D eigenvalue weighted by Gasteiger charge is -2.22. The van der Waals surface area contributed by atoms with Crippen LogP contribution in [0.2, 0.25) is 0 Å². The summed E-state index contributed by atoms with van der Waals surface area (Å²) in [6.45, 7) is 3.48. The first-order valence-electron chi connectivity index (χ1n) is 8.67. The van der Waals surface area contributed by atoms with Crippen LogP contribution >= 0.6 is 0 Å². The molecule has 24 heavy (non-hydrogen) atoms. The number of carbonyl (C=O) groups excluding carboxylic acids is 1. The van der Waals surface area contributed by atoms with Gasteiger partial charge in [0.05, 0.1) is 6.54 Å². The zero-order valence-electron chi connectivity index (χ0n) is 13.9. The van der Waals surface area contributed by atoms with Gasteiger partial charge in [-0.2, -0.15) is 5.10 Å². The number of piperidine rings is 1. The second kappa shape index (κ2) is 8.59. The molecular formula is C18H25N5O. The standard InChI is InChI=1S/C18H25N5O/c24-18(6-5-15-7-9-19-10-8-15)21-11-16-1-3-17(4-2-16)12-23-14-20-13-22-23/h1-4,13-15,19H,5-12H2,(H,21,24). The van der Waals surface area contributed by atoms with E-state index in [2.05, 4.69) is 45.0 Å². The van der Waals surface area contributed by atoms with Crippen molar-refractivity contribution in [2.24, 2.45) is 5.92 Å². The monoisotopic (exact) mass is 327 g/mol. The van der Waals surface area contributed by atoms with E-state index < -0.39 is 0 Å². The van der Waals surface area contributed by atoms with Crippen LogP contribution < -0.4 is 10.6 Å². The third-order valence-corrected chi connectivity index (χ3v) is 4.56. The lowest BCUT2D eigenvalue weighted by Crippen LogP contribution is -2.29. The summed E-state index contributed by atoms with van der Waals surface area (Å²) in [5.74, 6) is 0.855. The van der Waals surface area contributed by atoms with E-state index >= 15 is 0 Å². The normalized spacial score (nSPS) is 15.3. The average Bonchev–Trinajstić information content (AvgIpc) is 3.13. The quantitative estimate of drug-likeness (QED) is 0.812. The number of carbonyl (C=O) groups is 1. The molecule has 128 valence electrons. The van der Waals surface area contributed by atoms with Crippen molar-refractivity contribution in [1.82, 2.24) is 25.4 Å². The Bertz CT molecular complexity index is 617. The number of benzene rings is 1. The van der Waals surface area contributed by atoms with Crippen LogP contribution in [0.3, 0.4) is 0 Å². The summed E-state index contributed by atoms with van der Waals surface area (Å²) in [6, 6.07) is 8.25. The Kier molecular flexibility index (Phi) is 5.96. The van der Waals surface area contributed by atoms with Crippen LogP contribution in [0.1, 0.15) is 36.8 Å². The molecule has 0 unspecified atom stereocenters. The summed E-state index contributed by atoms with van der Waals surface area (Å²) in [7, 11) is 0. The van der Waals surface area contributed by atoms with Gasteiger partial charge in [0, 0.05) is 13.0 Å². The summed E-state index contributed by atoms with van der Waals surface area (Å²) < 4.78 is 1.79. The summed E-state index contributed by atoms with van der Waals surface area (Å²) >= 11 is 0. The van der Waals surface area contributed by atoms with Gasteiger partial charge in [0.25, 0.3) is 0 Å². The fourth-order valence-corrected chi connectivity index (χ4v) is 3.06. The van der Waals surface area contributed by atoms with Crippen molar-refractivity contribution >= 4 is 5.91 Å². The van der Waals surface area contributed by atoms with Crippen molar-refractivity contribution in [3.05, 3.63) is 48.0 Å². The lowest BCUT2D eigenvalue weighted by molar-refractivity contribution is -0.121. The molecule has 6 heteroatoms. The molecule has 1 saturated heterocycles. The molecule has 1 aromatic heterocycles. The van der Waals surface area contributed by atoms with E-state index in [-0.39, 0.29) is 5.91 Å². The van der Waals surface area contributed by atoms with Crippen LogP contribution in [-0.4, -0.2) is 33.8 Å². The summed E-state index contributed by atoms with van der Waals surface area (Å²) in [5, 5.41) is 10.5. The van der Waals surface area contributed by atoms with Gasteiger partial charge in [-0.3, -0.25) is 4.79 Å². The van der Waals surface area contributed by atoms with E-state index in [1.54, 1.807) is 11.0 Å². The van der Waals surface area contributed by atoms with Gasteiger partial charge >= 0.3 is 0 Å². The number of hydrogen-bond donors (Lipinski definition) is 2. The maximum Gasteiger partial charge on any atom is 0.220 e. The maximum atomic E-state index is 12.0. The number of rotatable bonds is 7. The minimum absolute atomic E-state index is 0.153. The molecule has 0 radical (unpaired) electrons. The molecule has 2 heterocycles. The van der Waals surface area contributed by atoms with Gasteiger partial charge in [0.1, 0.15) is 12.7 Å². The van der Waals surface area contributed by atoms with E-state index in [1.807, 2.05) is 0 Å². The van der Waals surface area contributed by atoms with Crippen molar-refractivity contribution in [2.75, 3.05) is 13.1 Å². The third-order valence-electron chi connectivity index (χ3n) is 4.56. The maximum absolute atomic E-state index is 12.0. The van der Waals surface area contributed by atoms with E-state index in [1.165, 1.54) is 24.7 Å². The van der Waals surface area contributed by atoms with Crippen molar-refractivity contribution < 1.29 is 4.79 Å². The smallest absolute Gasteiger partial charge is 0.220 e. The molecule has 1 fully saturated rings. The van der Waals surface area contributed by atoms with Crippen molar-refractivity contribution in [2.45, 2.75) is 38.8 Å². The highest BCUT2D eigenvalue weighted by Gasteiger charge is 2.14. The number of hydrogen-bond acceptors (Lipinski definition) is 4. The van der Waals surface area contributed by atoms with Gasteiger partial charge in [-0.25, -0.2) is 9.67 Å². The third kappa shape index (κ3) is 5.16. The Morgan fingerprint density at radius 2 is 1.96 bits per heavy atom. The van der Waals surface area contributed by atoms with Crippen molar-refractivity contribution in [3.8, 4) is 0 Å². The molecule has 6 nitrogen and oxygen atoms in total. The first-order valence-corrected chi connectivity index (χ1v) is 8.67.